The molecule has 2 amide bonds. The molecule has 28 heavy (non-hydrogen) atoms. The van der Waals surface area contributed by atoms with Crippen LogP contribution in [0, 0.1) is 0 Å². The first-order valence-electron chi connectivity index (χ1n) is 9.60. The fourth-order valence-electron chi connectivity index (χ4n) is 3.83. The van der Waals surface area contributed by atoms with E-state index in [0.29, 0.717) is 13.1 Å². The summed E-state index contributed by atoms with van der Waals surface area (Å²) in [6.07, 6.45) is 2.48. The molecule has 0 bridgehead atoms. The first-order valence-corrected chi connectivity index (χ1v) is 10.4. The smallest absolute Gasteiger partial charge is 0.324 e. The number of rotatable bonds is 3. The van der Waals surface area contributed by atoms with Crippen LogP contribution in [0.3, 0.4) is 0 Å². The van der Waals surface area contributed by atoms with Crippen LogP contribution in [0.2, 0.25) is 0 Å². The molecule has 1 aliphatic rings. The monoisotopic (exact) mass is 442 g/mol. The molecule has 0 radical (unpaired) electrons. The highest BCUT2D eigenvalue weighted by atomic mass is 79.9. The summed E-state index contributed by atoms with van der Waals surface area (Å²) in [5.41, 5.74) is 3.68. The molecule has 4 rings (SSSR count). The fourth-order valence-corrected chi connectivity index (χ4v) is 4.28. The van der Waals surface area contributed by atoms with E-state index in [1.165, 1.54) is 5.56 Å². The Morgan fingerprint density at radius 3 is 2.57 bits per heavy atom. The maximum atomic E-state index is 12.6. The Hall–Kier alpha value is -2.54. The van der Waals surface area contributed by atoms with E-state index in [2.05, 4.69) is 33.2 Å². The highest BCUT2D eigenvalue weighted by Crippen LogP contribution is 2.28. The molecule has 2 N–H and O–H groups in total. The van der Waals surface area contributed by atoms with Crippen molar-refractivity contribution in [3.05, 3.63) is 63.0 Å². The molecule has 3 aromatic rings. The van der Waals surface area contributed by atoms with Crippen LogP contribution in [0.15, 0.2) is 51.7 Å². The van der Waals surface area contributed by atoms with Gasteiger partial charge in [0.1, 0.15) is 0 Å². The van der Waals surface area contributed by atoms with Crippen molar-refractivity contribution in [3.8, 4) is 0 Å². The lowest BCUT2D eigenvalue weighted by Gasteiger charge is -2.32. The maximum Gasteiger partial charge on any atom is 0.326 e. The zero-order chi connectivity index (χ0) is 19.7. The van der Waals surface area contributed by atoms with Gasteiger partial charge in [0.25, 0.3) is 0 Å². The Morgan fingerprint density at radius 2 is 1.89 bits per heavy atom. The van der Waals surface area contributed by atoms with Crippen molar-refractivity contribution in [3.63, 3.8) is 0 Å². The molecule has 0 spiro atoms. The summed E-state index contributed by atoms with van der Waals surface area (Å²) < 4.78 is 2.71. The Balaban J connectivity index is 1.43. The van der Waals surface area contributed by atoms with E-state index in [9.17, 15) is 9.59 Å². The Labute approximate surface area is 171 Å². The van der Waals surface area contributed by atoms with Crippen LogP contribution in [0.1, 0.15) is 31.4 Å². The SMILES string of the molecule is CCc1ccc(NC(=O)N2CCC(n3c(=O)[nH]c4c(Br)cccc43)CC2)cc1. The predicted molar refractivity (Wildman–Crippen MR) is 115 cm³/mol. The van der Waals surface area contributed by atoms with E-state index in [4.69, 9.17) is 0 Å². The second kappa shape index (κ2) is 7.83. The van der Waals surface area contributed by atoms with Gasteiger partial charge in [0.05, 0.1) is 11.0 Å². The van der Waals surface area contributed by atoms with Gasteiger partial charge in [-0.1, -0.05) is 25.1 Å². The average molecular weight is 443 g/mol. The number of nitrogens with zero attached hydrogens (tertiary/aromatic N) is 2. The van der Waals surface area contributed by atoms with E-state index in [0.717, 1.165) is 40.5 Å². The van der Waals surface area contributed by atoms with Crippen LogP contribution in [-0.4, -0.2) is 33.6 Å². The Bertz CT molecular complexity index is 1050. The largest absolute Gasteiger partial charge is 0.326 e. The number of amides is 2. The Morgan fingerprint density at radius 1 is 1.18 bits per heavy atom. The van der Waals surface area contributed by atoms with Crippen LogP contribution in [0.25, 0.3) is 11.0 Å². The number of halogens is 1. The minimum Gasteiger partial charge on any atom is -0.324 e. The fraction of sp³-hybridized carbons (Fsp3) is 0.333. The van der Waals surface area contributed by atoms with E-state index < -0.39 is 0 Å². The second-order valence-electron chi connectivity index (χ2n) is 7.13. The third-order valence-electron chi connectivity index (χ3n) is 5.43. The summed E-state index contributed by atoms with van der Waals surface area (Å²) >= 11 is 3.49. The molecule has 1 saturated heterocycles. The first-order chi connectivity index (χ1) is 13.6. The number of fused-ring (bicyclic) bond motifs is 1. The predicted octanol–water partition coefficient (Wildman–Crippen LogP) is 4.52. The number of hydrogen-bond donors (Lipinski definition) is 2. The number of benzene rings is 2. The molecule has 1 fully saturated rings. The van der Waals surface area contributed by atoms with Crippen LogP contribution >= 0.6 is 15.9 Å². The summed E-state index contributed by atoms with van der Waals surface area (Å²) in [6.45, 7) is 3.35. The van der Waals surface area contributed by atoms with Crippen molar-refractivity contribution in [1.82, 2.24) is 14.5 Å². The lowest BCUT2D eigenvalue weighted by Crippen LogP contribution is -2.42. The number of aromatic amines is 1. The van der Waals surface area contributed by atoms with Crippen molar-refractivity contribution >= 4 is 38.7 Å². The van der Waals surface area contributed by atoms with Gasteiger partial charge in [-0.3, -0.25) is 4.57 Å². The van der Waals surface area contributed by atoms with Gasteiger partial charge in [-0.05, 0) is 65.0 Å². The molecule has 0 atom stereocenters. The van der Waals surface area contributed by atoms with Gasteiger partial charge in [0.15, 0.2) is 0 Å². The molecule has 0 unspecified atom stereocenters. The highest BCUT2D eigenvalue weighted by molar-refractivity contribution is 9.10. The van der Waals surface area contributed by atoms with E-state index in [1.807, 2.05) is 51.9 Å². The van der Waals surface area contributed by atoms with E-state index >= 15 is 0 Å². The lowest BCUT2D eigenvalue weighted by molar-refractivity contribution is 0.184. The summed E-state index contributed by atoms with van der Waals surface area (Å²) in [5.74, 6) is 0. The molecule has 7 heteroatoms. The zero-order valence-electron chi connectivity index (χ0n) is 15.7. The molecule has 6 nitrogen and oxygen atoms in total. The minimum atomic E-state index is -0.0965. The molecular formula is C21H23BrN4O2. The maximum absolute atomic E-state index is 12.6. The summed E-state index contributed by atoms with van der Waals surface area (Å²) in [4.78, 5) is 29.8. The highest BCUT2D eigenvalue weighted by Gasteiger charge is 2.26. The number of para-hydroxylation sites is 1. The van der Waals surface area contributed by atoms with Gasteiger partial charge in [0, 0.05) is 29.3 Å². The number of urea groups is 1. The van der Waals surface area contributed by atoms with Gasteiger partial charge in [-0.15, -0.1) is 0 Å². The Kier molecular flexibility index (Phi) is 5.26. The van der Waals surface area contributed by atoms with E-state index in [1.54, 1.807) is 0 Å². The topological polar surface area (TPSA) is 70.1 Å². The van der Waals surface area contributed by atoms with Gasteiger partial charge >= 0.3 is 11.7 Å². The van der Waals surface area contributed by atoms with Crippen LogP contribution < -0.4 is 11.0 Å². The molecule has 0 saturated carbocycles. The number of aryl methyl sites for hydroxylation is 1. The van der Waals surface area contributed by atoms with E-state index in [-0.39, 0.29) is 17.8 Å². The average Bonchev–Trinajstić information content (AvgIpc) is 3.06. The number of imidazole rings is 1. The van der Waals surface area contributed by atoms with Crippen LogP contribution in [0.4, 0.5) is 10.5 Å². The molecule has 2 heterocycles. The van der Waals surface area contributed by atoms with Crippen molar-refractivity contribution < 1.29 is 4.79 Å². The van der Waals surface area contributed by atoms with Gasteiger partial charge in [-0.25, -0.2) is 9.59 Å². The van der Waals surface area contributed by atoms with Crippen LogP contribution in [-0.2, 0) is 6.42 Å². The second-order valence-corrected chi connectivity index (χ2v) is 7.99. The molecular weight excluding hydrogens is 420 g/mol. The molecule has 146 valence electrons. The van der Waals surface area contributed by atoms with Crippen molar-refractivity contribution in [2.75, 3.05) is 18.4 Å². The number of carbonyl (C=O) groups is 1. The molecule has 1 aromatic heterocycles. The lowest BCUT2D eigenvalue weighted by atomic mass is 10.0. The number of piperidine rings is 1. The number of anilines is 1. The summed E-state index contributed by atoms with van der Waals surface area (Å²) in [7, 11) is 0. The van der Waals surface area contributed by atoms with Gasteiger partial charge in [0.2, 0.25) is 0 Å². The molecule has 0 aliphatic carbocycles. The van der Waals surface area contributed by atoms with Crippen molar-refractivity contribution in [2.45, 2.75) is 32.2 Å². The minimum absolute atomic E-state index is 0.0864. The number of likely N-dealkylation sites (tertiary alicyclic amines) is 1. The standard InChI is InChI=1S/C21H23BrN4O2/c1-2-14-6-8-15(9-7-14)23-20(27)25-12-10-16(11-13-25)26-18-5-3-4-17(22)19(18)24-21(26)28/h3-9,16H,2,10-13H2,1H3,(H,23,27)(H,24,28). The number of carbonyl (C=O) groups excluding carboxylic acids is 1. The third-order valence-corrected chi connectivity index (χ3v) is 6.09. The summed E-state index contributed by atoms with van der Waals surface area (Å²) in [6, 6.07) is 13.7. The van der Waals surface area contributed by atoms with Crippen molar-refractivity contribution in [1.29, 1.82) is 0 Å². The molecule has 2 aromatic carbocycles. The number of hydrogen-bond acceptors (Lipinski definition) is 2. The van der Waals surface area contributed by atoms with Crippen LogP contribution in [0.5, 0.6) is 0 Å². The number of aromatic nitrogens is 2. The summed E-state index contributed by atoms with van der Waals surface area (Å²) in [5, 5.41) is 2.97. The quantitative estimate of drug-likeness (QED) is 0.625. The number of nitrogens with one attached hydrogen (secondary N) is 2. The third kappa shape index (κ3) is 3.58. The first kappa shape index (κ1) is 18.8. The van der Waals surface area contributed by atoms with Gasteiger partial charge < -0.3 is 15.2 Å². The molecule has 1 aliphatic heterocycles. The normalized spacial score (nSPS) is 15.1. The number of H-pyrrole nitrogens is 1. The van der Waals surface area contributed by atoms with Gasteiger partial charge in [-0.2, -0.15) is 0 Å². The van der Waals surface area contributed by atoms with Crippen molar-refractivity contribution in [2.24, 2.45) is 0 Å². The zero-order valence-corrected chi connectivity index (χ0v) is 17.3.